The number of hydrogen-bond acceptors (Lipinski definition) is 2. The average Bonchev–Trinajstić information content (AvgIpc) is 2.76. The lowest BCUT2D eigenvalue weighted by atomic mass is 9.86. The van der Waals surface area contributed by atoms with Crippen LogP contribution in [0.1, 0.15) is 43.0 Å². The highest BCUT2D eigenvalue weighted by atomic mass is 79.9. The third-order valence-electron chi connectivity index (χ3n) is 4.34. The third kappa shape index (κ3) is 3.58. The van der Waals surface area contributed by atoms with E-state index in [0.29, 0.717) is 0 Å². The van der Waals surface area contributed by atoms with Gasteiger partial charge in [0.05, 0.1) is 6.04 Å². The van der Waals surface area contributed by atoms with E-state index in [4.69, 9.17) is 4.74 Å². The molecule has 1 aliphatic rings. The number of halogens is 1. The summed E-state index contributed by atoms with van der Waals surface area (Å²) in [4.78, 5) is 12.1. The van der Waals surface area contributed by atoms with Crippen LogP contribution in [0, 0.1) is 0 Å². The zero-order chi connectivity index (χ0) is 16.4. The molecule has 0 bridgehead atoms. The standard InChI is InChI=1S/C19H20BrNO2/c1-19(2)11-17(15-10-14(20)8-9-16(15)19)21-18(22)23-12-13-6-4-3-5-7-13/h3-10,17H,11-12H2,1-2H3,(H,21,22). The molecule has 0 saturated heterocycles. The number of hydrogen-bond donors (Lipinski definition) is 1. The van der Waals surface area contributed by atoms with E-state index in [1.54, 1.807) is 0 Å². The molecule has 1 aliphatic carbocycles. The highest BCUT2D eigenvalue weighted by molar-refractivity contribution is 9.10. The summed E-state index contributed by atoms with van der Waals surface area (Å²) in [5, 5.41) is 3.01. The van der Waals surface area contributed by atoms with Gasteiger partial charge in [0.15, 0.2) is 0 Å². The van der Waals surface area contributed by atoms with Crippen molar-refractivity contribution in [3.8, 4) is 0 Å². The van der Waals surface area contributed by atoms with Crippen molar-refractivity contribution in [3.63, 3.8) is 0 Å². The van der Waals surface area contributed by atoms with Gasteiger partial charge in [0, 0.05) is 4.47 Å². The number of alkyl carbamates (subject to hydrolysis) is 1. The lowest BCUT2D eigenvalue weighted by Gasteiger charge is -2.19. The van der Waals surface area contributed by atoms with Crippen LogP contribution in [-0.4, -0.2) is 6.09 Å². The molecule has 4 heteroatoms. The molecule has 23 heavy (non-hydrogen) atoms. The molecule has 0 aliphatic heterocycles. The molecule has 0 fully saturated rings. The first-order valence-electron chi connectivity index (χ1n) is 7.73. The van der Waals surface area contributed by atoms with Gasteiger partial charge in [-0.05, 0) is 40.7 Å². The Kier molecular flexibility index (Phi) is 4.44. The Balaban J connectivity index is 1.67. The van der Waals surface area contributed by atoms with Crippen LogP contribution >= 0.6 is 15.9 Å². The maximum Gasteiger partial charge on any atom is 0.407 e. The minimum atomic E-state index is -0.373. The number of carbonyl (C=O) groups is 1. The van der Waals surface area contributed by atoms with Crippen LogP contribution in [0.4, 0.5) is 4.79 Å². The number of carbonyl (C=O) groups excluding carboxylic acids is 1. The Morgan fingerprint density at radius 3 is 2.74 bits per heavy atom. The number of nitrogens with one attached hydrogen (secondary N) is 1. The fourth-order valence-electron chi connectivity index (χ4n) is 3.20. The van der Waals surface area contributed by atoms with Crippen molar-refractivity contribution in [3.05, 3.63) is 69.7 Å². The first-order valence-corrected chi connectivity index (χ1v) is 8.52. The van der Waals surface area contributed by atoms with Crippen LogP contribution in [-0.2, 0) is 16.8 Å². The average molecular weight is 374 g/mol. The number of ether oxygens (including phenoxy) is 1. The Morgan fingerprint density at radius 1 is 1.26 bits per heavy atom. The topological polar surface area (TPSA) is 38.3 Å². The second-order valence-corrected chi connectivity index (χ2v) is 7.49. The Hall–Kier alpha value is -1.81. The van der Waals surface area contributed by atoms with Crippen LogP contribution in [0.2, 0.25) is 0 Å². The number of amides is 1. The Labute approximate surface area is 145 Å². The summed E-state index contributed by atoms with van der Waals surface area (Å²) < 4.78 is 6.37. The smallest absolute Gasteiger partial charge is 0.407 e. The fourth-order valence-corrected chi connectivity index (χ4v) is 3.58. The summed E-state index contributed by atoms with van der Waals surface area (Å²) in [5.74, 6) is 0. The van der Waals surface area contributed by atoms with Crippen LogP contribution in [0.5, 0.6) is 0 Å². The molecule has 2 aromatic carbocycles. The van der Waals surface area contributed by atoms with Crippen molar-refractivity contribution in [2.45, 2.75) is 38.3 Å². The van der Waals surface area contributed by atoms with Crippen molar-refractivity contribution in [1.82, 2.24) is 5.32 Å². The molecular formula is C19H20BrNO2. The van der Waals surface area contributed by atoms with Gasteiger partial charge in [0.1, 0.15) is 6.61 Å². The zero-order valence-electron chi connectivity index (χ0n) is 13.3. The van der Waals surface area contributed by atoms with E-state index in [2.05, 4.69) is 53.3 Å². The van der Waals surface area contributed by atoms with Crippen LogP contribution in [0.15, 0.2) is 53.0 Å². The summed E-state index contributed by atoms with van der Waals surface area (Å²) in [6.45, 7) is 4.70. The first-order chi connectivity index (χ1) is 11.0. The van der Waals surface area contributed by atoms with Crippen molar-refractivity contribution >= 4 is 22.0 Å². The van der Waals surface area contributed by atoms with Crippen LogP contribution in [0.3, 0.4) is 0 Å². The summed E-state index contributed by atoms with van der Waals surface area (Å²) in [6, 6.07) is 16.0. The quantitative estimate of drug-likeness (QED) is 0.812. The van der Waals surface area contributed by atoms with Gasteiger partial charge >= 0.3 is 6.09 Å². The predicted octanol–water partition coefficient (Wildman–Crippen LogP) is 5.10. The second-order valence-electron chi connectivity index (χ2n) is 6.58. The number of fused-ring (bicyclic) bond motifs is 1. The molecule has 2 aromatic rings. The van der Waals surface area contributed by atoms with Gasteiger partial charge in [-0.1, -0.05) is 66.2 Å². The molecular weight excluding hydrogens is 354 g/mol. The summed E-state index contributed by atoms with van der Waals surface area (Å²) in [5.41, 5.74) is 3.49. The van der Waals surface area contributed by atoms with E-state index in [1.807, 2.05) is 30.3 Å². The molecule has 0 heterocycles. The van der Waals surface area contributed by atoms with Gasteiger partial charge in [-0.3, -0.25) is 0 Å². The number of benzene rings is 2. The number of rotatable bonds is 3. The van der Waals surface area contributed by atoms with Gasteiger partial charge in [-0.15, -0.1) is 0 Å². The van der Waals surface area contributed by atoms with Gasteiger partial charge < -0.3 is 10.1 Å². The first kappa shape index (κ1) is 16.1. The highest BCUT2D eigenvalue weighted by Crippen LogP contribution is 2.45. The van der Waals surface area contributed by atoms with E-state index in [-0.39, 0.29) is 24.2 Å². The molecule has 0 saturated carbocycles. The highest BCUT2D eigenvalue weighted by Gasteiger charge is 2.37. The van der Waals surface area contributed by atoms with E-state index in [1.165, 1.54) is 11.1 Å². The molecule has 3 nitrogen and oxygen atoms in total. The lowest BCUT2D eigenvalue weighted by molar-refractivity contribution is 0.135. The van der Waals surface area contributed by atoms with E-state index in [0.717, 1.165) is 16.5 Å². The van der Waals surface area contributed by atoms with E-state index >= 15 is 0 Å². The second kappa shape index (κ2) is 6.36. The van der Waals surface area contributed by atoms with Crippen LogP contribution in [0.25, 0.3) is 0 Å². The fraction of sp³-hybridized carbons (Fsp3) is 0.316. The summed E-state index contributed by atoms with van der Waals surface area (Å²) in [6.07, 6.45) is 0.502. The molecule has 0 spiro atoms. The van der Waals surface area contributed by atoms with Gasteiger partial charge in [-0.25, -0.2) is 4.79 Å². The lowest BCUT2D eigenvalue weighted by Crippen LogP contribution is -2.28. The minimum Gasteiger partial charge on any atom is -0.445 e. The molecule has 1 atom stereocenters. The van der Waals surface area contributed by atoms with Crippen molar-refractivity contribution in [1.29, 1.82) is 0 Å². The maximum absolute atomic E-state index is 12.1. The zero-order valence-corrected chi connectivity index (χ0v) is 14.9. The summed E-state index contributed by atoms with van der Waals surface area (Å²) in [7, 11) is 0. The van der Waals surface area contributed by atoms with Crippen molar-refractivity contribution < 1.29 is 9.53 Å². The monoisotopic (exact) mass is 373 g/mol. The van der Waals surface area contributed by atoms with Crippen molar-refractivity contribution in [2.75, 3.05) is 0 Å². The normalized spacial score (nSPS) is 18.3. The Bertz CT molecular complexity index is 713. The molecule has 0 aromatic heterocycles. The largest absolute Gasteiger partial charge is 0.445 e. The van der Waals surface area contributed by atoms with Crippen molar-refractivity contribution in [2.24, 2.45) is 0 Å². The SMILES string of the molecule is CC1(C)CC(NC(=O)OCc2ccccc2)c2cc(Br)ccc21. The minimum absolute atomic E-state index is 0.0132. The van der Waals surface area contributed by atoms with Gasteiger partial charge in [-0.2, -0.15) is 0 Å². The van der Waals surface area contributed by atoms with Gasteiger partial charge in [0.2, 0.25) is 0 Å². The maximum atomic E-state index is 12.1. The van der Waals surface area contributed by atoms with Crippen LogP contribution < -0.4 is 5.32 Å². The predicted molar refractivity (Wildman–Crippen MR) is 94.3 cm³/mol. The molecule has 0 radical (unpaired) electrons. The summed E-state index contributed by atoms with van der Waals surface area (Å²) >= 11 is 3.51. The molecule has 3 rings (SSSR count). The molecule has 120 valence electrons. The van der Waals surface area contributed by atoms with E-state index < -0.39 is 0 Å². The molecule has 1 unspecified atom stereocenters. The third-order valence-corrected chi connectivity index (χ3v) is 4.83. The Morgan fingerprint density at radius 2 is 2.00 bits per heavy atom. The van der Waals surface area contributed by atoms with Gasteiger partial charge in [0.25, 0.3) is 0 Å². The molecule has 1 N–H and O–H groups in total. The molecule has 1 amide bonds. The van der Waals surface area contributed by atoms with E-state index in [9.17, 15) is 4.79 Å².